The van der Waals surface area contributed by atoms with Crippen LogP contribution in [-0.4, -0.2) is 11.0 Å². The second-order valence-electron chi connectivity index (χ2n) is 4.75. The van der Waals surface area contributed by atoms with Crippen LogP contribution in [0.2, 0.25) is 0 Å². The minimum Gasteiger partial charge on any atom is -0.271 e. The van der Waals surface area contributed by atoms with Crippen molar-refractivity contribution < 1.29 is 0 Å². The zero-order valence-electron chi connectivity index (χ0n) is 11.1. The lowest BCUT2D eigenvalue weighted by Gasteiger charge is -2.15. The van der Waals surface area contributed by atoms with Crippen molar-refractivity contribution in [1.82, 2.24) is 10.4 Å². The molecule has 0 aliphatic carbocycles. The maximum Gasteiger partial charge on any atom is 0.0404 e. The van der Waals surface area contributed by atoms with Crippen molar-refractivity contribution in [2.45, 2.75) is 31.7 Å². The first-order valence-electron chi connectivity index (χ1n) is 6.78. The molecule has 2 rings (SSSR count). The Morgan fingerprint density at radius 1 is 0.947 bits per heavy atom. The van der Waals surface area contributed by atoms with E-state index in [1.165, 1.54) is 5.56 Å². The Morgan fingerprint density at radius 3 is 2.37 bits per heavy atom. The van der Waals surface area contributed by atoms with E-state index in [2.05, 4.69) is 40.7 Å². The summed E-state index contributed by atoms with van der Waals surface area (Å²) in [6.07, 6.45) is 5.92. The van der Waals surface area contributed by atoms with Crippen LogP contribution in [0.4, 0.5) is 0 Å². The highest BCUT2D eigenvalue weighted by Gasteiger charge is 2.07. The highest BCUT2D eigenvalue weighted by molar-refractivity contribution is 5.14. The summed E-state index contributed by atoms with van der Waals surface area (Å²) in [5.74, 6) is 5.63. The van der Waals surface area contributed by atoms with Gasteiger partial charge < -0.3 is 0 Å². The Bertz CT molecular complexity index is 412. The van der Waals surface area contributed by atoms with Crippen LogP contribution in [0.5, 0.6) is 0 Å². The summed E-state index contributed by atoms with van der Waals surface area (Å²) in [6.45, 7) is 0. The molecule has 0 bridgehead atoms. The number of nitrogens with zero attached hydrogens (tertiary/aromatic N) is 1. The van der Waals surface area contributed by atoms with Crippen molar-refractivity contribution in [2.24, 2.45) is 5.84 Å². The van der Waals surface area contributed by atoms with E-state index in [0.717, 1.165) is 31.4 Å². The second kappa shape index (κ2) is 7.67. The molecule has 0 aliphatic rings. The van der Waals surface area contributed by atoms with Crippen LogP contribution in [0.25, 0.3) is 0 Å². The molecule has 1 aromatic carbocycles. The monoisotopic (exact) mass is 255 g/mol. The van der Waals surface area contributed by atoms with E-state index < -0.39 is 0 Å². The van der Waals surface area contributed by atoms with Gasteiger partial charge in [0.05, 0.1) is 0 Å². The maximum absolute atomic E-state index is 5.63. The topological polar surface area (TPSA) is 50.9 Å². The van der Waals surface area contributed by atoms with Crippen LogP contribution >= 0.6 is 0 Å². The summed E-state index contributed by atoms with van der Waals surface area (Å²) in [4.78, 5) is 4.33. The van der Waals surface area contributed by atoms with Crippen LogP contribution < -0.4 is 11.3 Å². The largest absolute Gasteiger partial charge is 0.271 e. The van der Waals surface area contributed by atoms with Crippen molar-refractivity contribution in [3.8, 4) is 0 Å². The van der Waals surface area contributed by atoms with Gasteiger partial charge >= 0.3 is 0 Å². The van der Waals surface area contributed by atoms with E-state index in [1.807, 2.05) is 24.4 Å². The zero-order chi connectivity index (χ0) is 13.3. The third-order valence-corrected chi connectivity index (χ3v) is 3.34. The quantitative estimate of drug-likeness (QED) is 0.590. The molecule has 3 heteroatoms. The molecule has 0 radical (unpaired) electrons. The lowest BCUT2D eigenvalue weighted by Crippen LogP contribution is -2.35. The Hall–Kier alpha value is -1.71. The Labute approximate surface area is 114 Å². The molecule has 0 aliphatic heterocycles. The first-order chi connectivity index (χ1) is 9.38. The van der Waals surface area contributed by atoms with Crippen LogP contribution in [-0.2, 0) is 12.8 Å². The number of hydrogen-bond donors (Lipinski definition) is 2. The summed E-state index contributed by atoms with van der Waals surface area (Å²) < 4.78 is 0. The molecule has 19 heavy (non-hydrogen) atoms. The van der Waals surface area contributed by atoms with Crippen molar-refractivity contribution in [3.63, 3.8) is 0 Å². The van der Waals surface area contributed by atoms with Crippen molar-refractivity contribution in [3.05, 3.63) is 66.0 Å². The number of benzene rings is 1. The van der Waals surface area contributed by atoms with Gasteiger partial charge in [0.15, 0.2) is 0 Å². The Kier molecular flexibility index (Phi) is 5.53. The summed E-state index contributed by atoms with van der Waals surface area (Å²) in [5.41, 5.74) is 5.40. The van der Waals surface area contributed by atoms with Crippen LogP contribution in [0.3, 0.4) is 0 Å². The molecular weight excluding hydrogens is 234 g/mol. The standard InChI is InChI=1S/C16H21N3/c17-19-16(10-9-14-6-2-1-3-7-14)12-11-15-8-4-5-13-18-15/h1-8,13,16,19H,9-12,17H2. The molecule has 0 fully saturated rings. The first-order valence-corrected chi connectivity index (χ1v) is 6.78. The van der Waals surface area contributed by atoms with Gasteiger partial charge in [-0.1, -0.05) is 36.4 Å². The number of aromatic nitrogens is 1. The molecule has 1 aromatic heterocycles. The van der Waals surface area contributed by atoms with Crippen molar-refractivity contribution >= 4 is 0 Å². The average molecular weight is 255 g/mol. The van der Waals surface area contributed by atoms with Gasteiger partial charge in [-0.05, 0) is 43.4 Å². The molecule has 1 unspecified atom stereocenters. The fraction of sp³-hybridized carbons (Fsp3) is 0.312. The first kappa shape index (κ1) is 13.7. The highest BCUT2D eigenvalue weighted by Crippen LogP contribution is 2.09. The number of rotatable bonds is 7. The van der Waals surface area contributed by atoms with Crippen LogP contribution in [0.1, 0.15) is 24.1 Å². The predicted molar refractivity (Wildman–Crippen MR) is 78.4 cm³/mol. The third-order valence-electron chi connectivity index (χ3n) is 3.34. The van der Waals surface area contributed by atoms with Gasteiger partial charge in [-0.15, -0.1) is 0 Å². The van der Waals surface area contributed by atoms with E-state index in [-0.39, 0.29) is 0 Å². The molecule has 3 N–H and O–H groups in total. The zero-order valence-corrected chi connectivity index (χ0v) is 11.1. The van der Waals surface area contributed by atoms with E-state index in [4.69, 9.17) is 5.84 Å². The van der Waals surface area contributed by atoms with Crippen LogP contribution in [0, 0.1) is 0 Å². The van der Waals surface area contributed by atoms with Gasteiger partial charge in [-0.2, -0.15) is 0 Å². The fourth-order valence-electron chi connectivity index (χ4n) is 2.16. The van der Waals surface area contributed by atoms with E-state index in [9.17, 15) is 0 Å². The number of nitrogens with one attached hydrogen (secondary N) is 1. The third kappa shape index (κ3) is 4.81. The minimum absolute atomic E-state index is 0.335. The molecular formula is C16H21N3. The summed E-state index contributed by atoms with van der Waals surface area (Å²) in [5, 5.41) is 0. The Balaban J connectivity index is 1.77. The summed E-state index contributed by atoms with van der Waals surface area (Å²) in [7, 11) is 0. The van der Waals surface area contributed by atoms with E-state index in [1.54, 1.807) is 0 Å². The normalized spacial score (nSPS) is 12.3. The smallest absolute Gasteiger partial charge is 0.0404 e. The number of pyridine rings is 1. The Morgan fingerprint density at radius 2 is 1.68 bits per heavy atom. The lowest BCUT2D eigenvalue weighted by atomic mass is 10.0. The molecule has 2 aromatic rings. The summed E-state index contributed by atoms with van der Waals surface area (Å²) in [6, 6.07) is 16.9. The summed E-state index contributed by atoms with van der Waals surface area (Å²) >= 11 is 0. The number of hydrogen-bond acceptors (Lipinski definition) is 3. The van der Waals surface area contributed by atoms with Gasteiger partial charge in [0.1, 0.15) is 0 Å². The SMILES string of the molecule is NNC(CCc1ccccc1)CCc1ccccn1. The molecule has 0 spiro atoms. The number of nitrogens with two attached hydrogens (primary N) is 1. The van der Waals surface area contributed by atoms with Gasteiger partial charge in [-0.3, -0.25) is 16.3 Å². The average Bonchev–Trinajstić information content (AvgIpc) is 2.49. The van der Waals surface area contributed by atoms with E-state index in [0.29, 0.717) is 6.04 Å². The van der Waals surface area contributed by atoms with Crippen molar-refractivity contribution in [2.75, 3.05) is 0 Å². The molecule has 0 saturated heterocycles. The molecule has 100 valence electrons. The maximum atomic E-state index is 5.63. The van der Waals surface area contributed by atoms with E-state index >= 15 is 0 Å². The predicted octanol–water partition coefficient (Wildman–Crippen LogP) is 2.48. The molecule has 0 amide bonds. The minimum atomic E-state index is 0.335. The molecule has 0 saturated carbocycles. The lowest BCUT2D eigenvalue weighted by molar-refractivity contribution is 0.462. The van der Waals surface area contributed by atoms with Gasteiger partial charge in [0, 0.05) is 17.9 Å². The molecule has 1 atom stereocenters. The van der Waals surface area contributed by atoms with Crippen molar-refractivity contribution in [1.29, 1.82) is 0 Å². The molecule has 1 heterocycles. The second-order valence-corrected chi connectivity index (χ2v) is 4.75. The van der Waals surface area contributed by atoms with Gasteiger partial charge in [0.25, 0.3) is 0 Å². The molecule has 3 nitrogen and oxygen atoms in total. The van der Waals surface area contributed by atoms with Gasteiger partial charge in [-0.25, -0.2) is 0 Å². The van der Waals surface area contributed by atoms with Crippen LogP contribution in [0.15, 0.2) is 54.7 Å². The highest BCUT2D eigenvalue weighted by atomic mass is 15.2. The van der Waals surface area contributed by atoms with Gasteiger partial charge in [0.2, 0.25) is 0 Å². The fourth-order valence-corrected chi connectivity index (χ4v) is 2.16. The number of aryl methyl sites for hydroxylation is 2. The number of hydrazine groups is 1.